The molecule has 0 radical (unpaired) electrons. The van der Waals surface area contributed by atoms with E-state index in [-0.39, 0.29) is 24.8 Å². The lowest BCUT2D eigenvalue weighted by Crippen LogP contribution is -2.38. The summed E-state index contributed by atoms with van der Waals surface area (Å²) in [5.74, 6) is 0.733. The summed E-state index contributed by atoms with van der Waals surface area (Å²) in [6.45, 7) is 3.60. The summed E-state index contributed by atoms with van der Waals surface area (Å²) in [4.78, 5) is 30.0. The predicted octanol–water partition coefficient (Wildman–Crippen LogP) is 3.26. The smallest absolute Gasteiger partial charge is 0.265 e. The van der Waals surface area contributed by atoms with Gasteiger partial charge in [0.1, 0.15) is 17.8 Å². The van der Waals surface area contributed by atoms with E-state index >= 15 is 0 Å². The normalized spacial score (nSPS) is 13.7. The lowest BCUT2D eigenvalue weighted by Gasteiger charge is -2.28. The quantitative estimate of drug-likeness (QED) is 0.686. The Hall–Kier alpha value is -3.15. The number of aromatic nitrogens is 1. The van der Waals surface area contributed by atoms with Crippen LogP contribution in [0.4, 0.5) is 5.69 Å². The van der Waals surface area contributed by atoms with Crippen LogP contribution in [0.25, 0.3) is 11.1 Å². The largest absolute Gasteiger partial charge is 0.482 e. The number of fused-ring (bicyclic) bond motifs is 2. The minimum absolute atomic E-state index is 0.0498. The first kappa shape index (κ1) is 15.4. The van der Waals surface area contributed by atoms with E-state index in [0.29, 0.717) is 28.5 Å². The average molecular weight is 336 g/mol. The van der Waals surface area contributed by atoms with E-state index in [1.807, 2.05) is 25.1 Å². The Morgan fingerprint density at radius 3 is 2.88 bits per heavy atom. The van der Waals surface area contributed by atoms with Gasteiger partial charge in [-0.1, -0.05) is 6.07 Å². The minimum Gasteiger partial charge on any atom is -0.482 e. The Labute approximate surface area is 144 Å². The molecule has 1 aliphatic heterocycles. The van der Waals surface area contributed by atoms with Crippen molar-refractivity contribution in [1.29, 1.82) is 0 Å². The Morgan fingerprint density at radius 2 is 2.08 bits per heavy atom. The maximum atomic E-state index is 12.4. The highest BCUT2D eigenvalue weighted by atomic mass is 16.5. The Bertz CT molecular complexity index is 1010. The molecule has 6 nitrogen and oxygen atoms in total. The molecule has 4 rings (SSSR count). The molecule has 1 aliphatic rings. The van der Waals surface area contributed by atoms with Gasteiger partial charge in [-0.2, -0.15) is 0 Å². The standard InChI is InChI=1S/C19H16N2O4/c1-11-3-5-14-17(7-11)25-18(20-14)9-21-15-8-13(12(2)22)4-6-16(15)24-10-19(21)23/h3-8H,9-10H2,1-2H3. The molecule has 1 amide bonds. The second kappa shape index (κ2) is 5.73. The van der Waals surface area contributed by atoms with Gasteiger partial charge in [0.25, 0.3) is 5.91 Å². The molecule has 2 aromatic carbocycles. The van der Waals surface area contributed by atoms with Crippen LogP contribution in [0.2, 0.25) is 0 Å². The number of ketones is 1. The summed E-state index contributed by atoms with van der Waals surface area (Å²) in [5, 5.41) is 0. The van der Waals surface area contributed by atoms with Crippen molar-refractivity contribution in [2.75, 3.05) is 11.5 Å². The Balaban J connectivity index is 1.73. The van der Waals surface area contributed by atoms with Crippen molar-refractivity contribution in [3.05, 3.63) is 53.4 Å². The molecule has 1 aromatic heterocycles. The molecule has 0 fully saturated rings. The third-order valence-electron chi connectivity index (χ3n) is 4.19. The zero-order valence-corrected chi connectivity index (χ0v) is 13.9. The number of anilines is 1. The van der Waals surface area contributed by atoms with Crippen LogP contribution in [-0.4, -0.2) is 23.3 Å². The zero-order valence-electron chi connectivity index (χ0n) is 13.9. The molecule has 126 valence electrons. The number of nitrogens with zero attached hydrogens (tertiary/aromatic N) is 2. The summed E-state index contributed by atoms with van der Waals surface area (Å²) >= 11 is 0. The lowest BCUT2D eigenvalue weighted by atomic mass is 10.1. The van der Waals surface area contributed by atoms with Crippen molar-refractivity contribution in [3.63, 3.8) is 0 Å². The highest BCUT2D eigenvalue weighted by Gasteiger charge is 2.27. The number of rotatable bonds is 3. The number of hydrogen-bond donors (Lipinski definition) is 0. The first-order valence-electron chi connectivity index (χ1n) is 7.95. The number of amides is 1. The maximum absolute atomic E-state index is 12.4. The molecule has 0 atom stereocenters. The van der Waals surface area contributed by atoms with Crippen molar-refractivity contribution in [1.82, 2.24) is 4.98 Å². The molecule has 0 spiro atoms. The topological polar surface area (TPSA) is 72.6 Å². The zero-order chi connectivity index (χ0) is 17.6. The summed E-state index contributed by atoms with van der Waals surface area (Å²) < 4.78 is 11.2. The fraction of sp³-hybridized carbons (Fsp3) is 0.211. The molecule has 3 aromatic rings. The van der Waals surface area contributed by atoms with Crippen LogP contribution >= 0.6 is 0 Å². The minimum atomic E-state index is -0.202. The van der Waals surface area contributed by atoms with Crippen LogP contribution in [0.15, 0.2) is 40.8 Å². The van der Waals surface area contributed by atoms with Crippen LogP contribution < -0.4 is 9.64 Å². The third kappa shape index (κ3) is 2.76. The molecule has 0 aliphatic carbocycles. The van der Waals surface area contributed by atoms with Crippen molar-refractivity contribution in [2.45, 2.75) is 20.4 Å². The number of aryl methyl sites for hydroxylation is 1. The van der Waals surface area contributed by atoms with Crippen LogP contribution in [0, 0.1) is 6.92 Å². The summed E-state index contributed by atoms with van der Waals surface area (Å²) in [6.07, 6.45) is 0. The van der Waals surface area contributed by atoms with Gasteiger partial charge in [-0.05, 0) is 49.7 Å². The van der Waals surface area contributed by atoms with Gasteiger partial charge in [0.15, 0.2) is 18.0 Å². The fourth-order valence-corrected chi connectivity index (χ4v) is 2.88. The van der Waals surface area contributed by atoms with E-state index in [4.69, 9.17) is 9.15 Å². The van der Waals surface area contributed by atoms with E-state index in [0.717, 1.165) is 11.1 Å². The number of benzene rings is 2. The van der Waals surface area contributed by atoms with Gasteiger partial charge in [0.05, 0.1) is 5.69 Å². The third-order valence-corrected chi connectivity index (χ3v) is 4.19. The van der Waals surface area contributed by atoms with Gasteiger partial charge in [-0.25, -0.2) is 4.98 Å². The molecule has 0 unspecified atom stereocenters. The van der Waals surface area contributed by atoms with Crippen molar-refractivity contribution >= 4 is 28.5 Å². The van der Waals surface area contributed by atoms with Gasteiger partial charge in [0.2, 0.25) is 5.89 Å². The average Bonchev–Trinajstić information content (AvgIpc) is 2.98. The monoisotopic (exact) mass is 336 g/mol. The molecule has 25 heavy (non-hydrogen) atoms. The van der Waals surface area contributed by atoms with E-state index in [2.05, 4.69) is 4.98 Å². The molecule has 0 bridgehead atoms. The number of carbonyl (C=O) groups excluding carboxylic acids is 2. The fourth-order valence-electron chi connectivity index (χ4n) is 2.88. The Morgan fingerprint density at radius 1 is 1.24 bits per heavy atom. The SMILES string of the molecule is CC(=O)c1ccc2c(c1)N(Cc1nc3ccc(C)cc3o1)C(=O)CO2. The molecule has 0 N–H and O–H groups in total. The molecular weight excluding hydrogens is 320 g/mol. The van der Waals surface area contributed by atoms with Crippen LogP contribution in [0.3, 0.4) is 0 Å². The number of hydrogen-bond acceptors (Lipinski definition) is 5. The molecule has 0 saturated carbocycles. The van der Waals surface area contributed by atoms with Gasteiger partial charge >= 0.3 is 0 Å². The molecule has 2 heterocycles. The van der Waals surface area contributed by atoms with E-state index in [1.165, 1.54) is 6.92 Å². The maximum Gasteiger partial charge on any atom is 0.265 e. The first-order chi connectivity index (χ1) is 12.0. The van der Waals surface area contributed by atoms with Crippen LogP contribution in [0.5, 0.6) is 5.75 Å². The van der Waals surface area contributed by atoms with E-state index in [9.17, 15) is 9.59 Å². The second-order valence-corrected chi connectivity index (χ2v) is 6.09. The highest BCUT2D eigenvalue weighted by Crippen LogP contribution is 2.34. The molecular formula is C19H16N2O4. The van der Waals surface area contributed by atoms with Gasteiger partial charge in [-0.15, -0.1) is 0 Å². The van der Waals surface area contributed by atoms with Gasteiger partial charge < -0.3 is 9.15 Å². The highest BCUT2D eigenvalue weighted by molar-refractivity contribution is 6.01. The lowest BCUT2D eigenvalue weighted by molar-refractivity contribution is -0.121. The second-order valence-electron chi connectivity index (χ2n) is 6.09. The summed E-state index contributed by atoms with van der Waals surface area (Å²) in [5.41, 5.74) is 3.60. The van der Waals surface area contributed by atoms with Crippen LogP contribution in [-0.2, 0) is 11.3 Å². The number of ether oxygens (including phenoxy) is 1. The van der Waals surface area contributed by atoms with Gasteiger partial charge in [-0.3, -0.25) is 14.5 Å². The van der Waals surface area contributed by atoms with Gasteiger partial charge in [0, 0.05) is 5.56 Å². The van der Waals surface area contributed by atoms with Crippen molar-refractivity contribution in [3.8, 4) is 5.75 Å². The number of Topliss-reactive ketones (excluding diaryl/α,β-unsaturated/α-hetero) is 1. The number of oxazole rings is 1. The molecule has 6 heteroatoms. The summed E-state index contributed by atoms with van der Waals surface area (Å²) in [6, 6.07) is 10.8. The summed E-state index contributed by atoms with van der Waals surface area (Å²) in [7, 11) is 0. The first-order valence-corrected chi connectivity index (χ1v) is 7.95. The number of carbonyl (C=O) groups is 2. The van der Waals surface area contributed by atoms with Crippen molar-refractivity contribution in [2.24, 2.45) is 0 Å². The van der Waals surface area contributed by atoms with Crippen molar-refractivity contribution < 1.29 is 18.7 Å². The van der Waals surface area contributed by atoms with E-state index < -0.39 is 0 Å². The molecule has 0 saturated heterocycles. The Kier molecular flexibility index (Phi) is 3.53. The predicted molar refractivity (Wildman–Crippen MR) is 91.9 cm³/mol. The van der Waals surface area contributed by atoms with Crippen LogP contribution in [0.1, 0.15) is 28.7 Å². The van der Waals surface area contributed by atoms with E-state index in [1.54, 1.807) is 23.1 Å².